The fraction of sp³-hybridized carbons (Fsp3) is 0.250. The van der Waals surface area contributed by atoms with E-state index in [2.05, 4.69) is 21.0 Å². The predicted octanol–water partition coefficient (Wildman–Crippen LogP) is 4.72. The second kappa shape index (κ2) is 5.51. The van der Waals surface area contributed by atoms with Crippen molar-refractivity contribution in [3.05, 3.63) is 39.5 Å². The number of alkyl halides is 1. The first-order chi connectivity index (χ1) is 8.52. The van der Waals surface area contributed by atoms with Gasteiger partial charge in [0, 0.05) is 29.0 Å². The summed E-state index contributed by atoms with van der Waals surface area (Å²) < 4.78 is 7.50. The Balaban J connectivity index is 2.42. The molecule has 0 amide bonds. The van der Waals surface area contributed by atoms with E-state index in [1.54, 1.807) is 22.9 Å². The van der Waals surface area contributed by atoms with Crippen molar-refractivity contribution in [1.82, 2.24) is 9.78 Å². The Morgan fingerprint density at radius 2 is 2.11 bits per heavy atom. The highest BCUT2D eigenvalue weighted by atomic mass is 79.9. The molecule has 6 heteroatoms. The number of rotatable bonds is 3. The fourth-order valence-corrected chi connectivity index (χ4v) is 2.59. The molecule has 0 saturated heterocycles. The summed E-state index contributed by atoms with van der Waals surface area (Å²) in [6, 6.07) is 5.11. The summed E-state index contributed by atoms with van der Waals surface area (Å²) in [5.41, 5.74) is 1.91. The van der Waals surface area contributed by atoms with Crippen LogP contribution in [0.3, 0.4) is 0 Å². The quantitative estimate of drug-likeness (QED) is 0.749. The molecule has 96 valence electrons. The highest BCUT2D eigenvalue weighted by Crippen LogP contribution is 2.34. The van der Waals surface area contributed by atoms with E-state index in [9.17, 15) is 0 Å². The SMILES string of the molecule is Cc1nn(C)c(Oc2cc(Cl)ccc2Cl)c1CBr. The molecular formula is C12H11BrCl2N2O. The van der Waals surface area contributed by atoms with Crippen molar-refractivity contribution >= 4 is 39.1 Å². The first kappa shape index (κ1) is 13.7. The van der Waals surface area contributed by atoms with Gasteiger partial charge >= 0.3 is 0 Å². The van der Waals surface area contributed by atoms with Gasteiger partial charge in [0.05, 0.1) is 10.7 Å². The van der Waals surface area contributed by atoms with E-state index in [1.165, 1.54) is 0 Å². The maximum atomic E-state index is 6.08. The zero-order chi connectivity index (χ0) is 13.3. The van der Waals surface area contributed by atoms with E-state index in [-0.39, 0.29) is 0 Å². The molecule has 0 N–H and O–H groups in total. The lowest BCUT2D eigenvalue weighted by Crippen LogP contribution is -1.97. The van der Waals surface area contributed by atoms with Crippen LogP contribution in [0, 0.1) is 6.92 Å². The van der Waals surface area contributed by atoms with Crippen molar-refractivity contribution in [3.63, 3.8) is 0 Å². The summed E-state index contributed by atoms with van der Waals surface area (Å²) in [6.45, 7) is 1.93. The van der Waals surface area contributed by atoms with E-state index in [0.29, 0.717) is 27.0 Å². The molecule has 0 atom stereocenters. The van der Waals surface area contributed by atoms with Gasteiger partial charge in [0.2, 0.25) is 5.88 Å². The molecule has 0 aliphatic rings. The van der Waals surface area contributed by atoms with Crippen molar-refractivity contribution in [2.24, 2.45) is 7.05 Å². The van der Waals surface area contributed by atoms with E-state index in [4.69, 9.17) is 27.9 Å². The first-order valence-corrected chi connectivity index (χ1v) is 7.12. The van der Waals surface area contributed by atoms with Gasteiger partial charge in [-0.05, 0) is 19.1 Å². The fourth-order valence-electron chi connectivity index (χ4n) is 1.62. The predicted molar refractivity (Wildman–Crippen MR) is 77.1 cm³/mol. The number of aryl methyl sites for hydroxylation is 2. The monoisotopic (exact) mass is 348 g/mol. The van der Waals surface area contributed by atoms with Gasteiger partial charge in [0.15, 0.2) is 0 Å². The molecule has 1 heterocycles. The van der Waals surface area contributed by atoms with Crippen LogP contribution in [-0.2, 0) is 12.4 Å². The van der Waals surface area contributed by atoms with Crippen molar-refractivity contribution in [1.29, 1.82) is 0 Å². The van der Waals surface area contributed by atoms with Crippen LogP contribution in [0.5, 0.6) is 11.6 Å². The number of hydrogen-bond acceptors (Lipinski definition) is 2. The number of aromatic nitrogens is 2. The van der Waals surface area contributed by atoms with Gasteiger partial charge in [-0.3, -0.25) is 0 Å². The molecule has 2 aromatic rings. The lowest BCUT2D eigenvalue weighted by Gasteiger charge is -2.09. The molecule has 0 aliphatic carbocycles. The summed E-state index contributed by atoms with van der Waals surface area (Å²) in [5.74, 6) is 1.18. The zero-order valence-electron chi connectivity index (χ0n) is 9.88. The van der Waals surface area contributed by atoms with Gasteiger partial charge < -0.3 is 4.74 Å². The van der Waals surface area contributed by atoms with Gasteiger partial charge in [-0.25, -0.2) is 4.68 Å². The van der Waals surface area contributed by atoms with E-state index in [1.807, 2.05) is 14.0 Å². The van der Waals surface area contributed by atoms with E-state index in [0.717, 1.165) is 11.3 Å². The standard InChI is InChI=1S/C12H11BrCl2N2O/c1-7-9(6-13)12(17(2)16-7)18-11-5-8(14)3-4-10(11)15/h3-5H,6H2,1-2H3. The van der Waals surface area contributed by atoms with Crippen molar-refractivity contribution in [3.8, 4) is 11.6 Å². The third-order valence-electron chi connectivity index (χ3n) is 2.52. The number of hydrogen-bond donors (Lipinski definition) is 0. The second-order valence-electron chi connectivity index (χ2n) is 3.80. The molecular weight excluding hydrogens is 339 g/mol. The lowest BCUT2D eigenvalue weighted by molar-refractivity contribution is 0.428. The summed E-state index contributed by atoms with van der Waals surface area (Å²) in [5, 5.41) is 6.07. The van der Waals surface area contributed by atoms with Crippen LogP contribution >= 0.6 is 39.1 Å². The third kappa shape index (κ3) is 2.66. The minimum atomic E-state index is 0.513. The Hall–Kier alpha value is -0.710. The van der Waals surface area contributed by atoms with Gasteiger partial charge in [-0.2, -0.15) is 5.10 Å². The number of nitrogens with zero attached hydrogens (tertiary/aromatic N) is 2. The van der Waals surface area contributed by atoms with Crippen molar-refractivity contribution in [2.75, 3.05) is 0 Å². The van der Waals surface area contributed by atoms with Crippen LogP contribution in [0.4, 0.5) is 0 Å². The Bertz CT molecular complexity index is 584. The van der Waals surface area contributed by atoms with E-state index >= 15 is 0 Å². The first-order valence-electron chi connectivity index (χ1n) is 5.24. The molecule has 1 aromatic heterocycles. The summed E-state index contributed by atoms with van der Waals surface area (Å²) in [6.07, 6.45) is 0. The maximum Gasteiger partial charge on any atom is 0.221 e. The highest BCUT2D eigenvalue weighted by molar-refractivity contribution is 9.08. The Kier molecular flexibility index (Phi) is 4.20. The minimum absolute atomic E-state index is 0.513. The average molecular weight is 350 g/mol. The normalized spacial score (nSPS) is 10.7. The van der Waals surface area contributed by atoms with Crippen LogP contribution in [0.25, 0.3) is 0 Å². The number of halogens is 3. The molecule has 0 unspecified atom stereocenters. The maximum absolute atomic E-state index is 6.08. The molecule has 0 aliphatic heterocycles. The second-order valence-corrected chi connectivity index (χ2v) is 5.21. The average Bonchev–Trinajstić information content (AvgIpc) is 2.58. The van der Waals surface area contributed by atoms with Crippen LogP contribution in [-0.4, -0.2) is 9.78 Å². The topological polar surface area (TPSA) is 27.1 Å². The Morgan fingerprint density at radius 3 is 2.78 bits per heavy atom. The molecule has 3 nitrogen and oxygen atoms in total. The summed E-state index contributed by atoms with van der Waals surface area (Å²) >= 11 is 15.4. The minimum Gasteiger partial charge on any atom is -0.437 e. The molecule has 0 fully saturated rings. The molecule has 2 rings (SSSR count). The van der Waals surface area contributed by atoms with Gasteiger partial charge in [0.1, 0.15) is 5.75 Å². The molecule has 0 spiro atoms. The van der Waals surface area contributed by atoms with Crippen LogP contribution in [0.1, 0.15) is 11.3 Å². The summed E-state index contributed by atoms with van der Waals surface area (Å²) in [7, 11) is 1.83. The molecule has 0 saturated carbocycles. The van der Waals surface area contributed by atoms with Gasteiger partial charge in [0.25, 0.3) is 0 Å². The highest BCUT2D eigenvalue weighted by Gasteiger charge is 2.15. The third-order valence-corrected chi connectivity index (χ3v) is 3.63. The van der Waals surface area contributed by atoms with E-state index < -0.39 is 0 Å². The summed E-state index contributed by atoms with van der Waals surface area (Å²) in [4.78, 5) is 0. The molecule has 0 radical (unpaired) electrons. The van der Waals surface area contributed by atoms with Crippen LogP contribution in [0.15, 0.2) is 18.2 Å². The van der Waals surface area contributed by atoms with Gasteiger partial charge in [-0.15, -0.1) is 0 Å². The lowest BCUT2D eigenvalue weighted by atomic mass is 10.3. The Morgan fingerprint density at radius 1 is 1.39 bits per heavy atom. The van der Waals surface area contributed by atoms with Crippen LogP contribution in [0.2, 0.25) is 10.0 Å². The zero-order valence-corrected chi connectivity index (χ0v) is 13.0. The number of benzene rings is 1. The smallest absolute Gasteiger partial charge is 0.221 e. The molecule has 1 aromatic carbocycles. The van der Waals surface area contributed by atoms with Crippen molar-refractivity contribution in [2.45, 2.75) is 12.3 Å². The molecule has 0 bridgehead atoms. The largest absolute Gasteiger partial charge is 0.437 e. The van der Waals surface area contributed by atoms with Crippen LogP contribution < -0.4 is 4.74 Å². The number of ether oxygens (including phenoxy) is 1. The van der Waals surface area contributed by atoms with Crippen molar-refractivity contribution < 1.29 is 4.74 Å². The van der Waals surface area contributed by atoms with Gasteiger partial charge in [-0.1, -0.05) is 39.1 Å². The molecule has 18 heavy (non-hydrogen) atoms. The Labute approximate surface area is 124 Å².